The molecule has 0 bridgehead atoms. The van der Waals surface area contributed by atoms with Crippen LogP contribution in [0.3, 0.4) is 0 Å². The lowest BCUT2D eigenvalue weighted by Crippen LogP contribution is -2.06. The zero-order chi connectivity index (χ0) is 11.9. The lowest BCUT2D eigenvalue weighted by Gasteiger charge is -2.16. The molecule has 86 valence electrons. The van der Waals surface area contributed by atoms with Crippen molar-refractivity contribution in [1.29, 1.82) is 0 Å². The Balaban J connectivity index is 2.75. The first kappa shape index (κ1) is 11.2. The molecule has 0 spiro atoms. The van der Waals surface area contributed by atoms with Crippen molar-refractivity contribution >= 4 is 10.9 Å². The van der Waals surface area contributed by atoms with Crippen molar-refractivity contribution in [3.05, 3.63) is 35.8 Å². The first-order valence-electron chi connectivity index (χ1n) is 5.81. The Bertz CT molecular complexity index is 509. The van der Waals surface area contributed by atoms with E-state index < -0.39 is 0 Å². The van der Waals surface area contributed by atoms with Crippen molar-refractivity contribution in [2.24, 2.45) is 0 Å². The van der Waals surface area contributed by atoms with Gasteiger partial charge in [-0.2, -0.15) is 0 Å². The van der Waals surface area contributed by atoms with Gasteiger partial charge in [0, 0.05) is 22.6 Å². The maximum absolute atomic E-state index is 13.2. The summed E-state index contributed by atoms with van der Waals surface area (Å²) in [5, 5.41) is 0.998. The second-order valence-corrected chi connectivity index (χ2v) is 4.89. The molecule has 0 aliphatic heterocycles. The molecule has 0 fully saturated rings. The monoisotopic (exact) mass is 219 g/mol. The molecule has 2 aromatic rings. The highest BCUT2D eigenvalue weighted by Gasteiger charge is 2.13. The molecule has 0 amide bonds. The highest BCUT2D eigenvalue weighted by molar-refractivity contribution is 5.81. The van der Waals surface area contributed by atoms with Crippen LogP contribution >= 0.6 is 0 Å². The summed E-state index contributed by atoms with van der Waals surface area (Å²) < 4.78 is 15.5. The number of halogens is 1. The molecule has 1 aromatic heterocycles. The number of nitrogens with zero attached hydrogens (tertiary/aromatic N) is 1. The van der Waals surface area contributed by atoms with Crippen LogP contribution in [0.25, 0.3) is 10.9 Å². The second-order valence-electron chi connectivity index (χ2n) is 4.89. The summed E-state index contributed by atoms with van der Waals surface area (Å²) >= 11 is 0. The average Bonchev–Trinajstić information content (AvgIpc) is 2.55. The fourth-order valence-corrected chi connectivity index (χ4v) is 2.25. The van der Waals surface area contributed by atoms with Gasteiger partial charge >= 0.3 is 0 Å². The maximum Gasteiger partial charge on any atom is 0.123 e. The van der Waals surface area contributed by atoms with Gasteiger partial charge in [0.1, 0.15) is 5.82 Å². The third kappa shape index (κ3) is 1.73. The van der Waals surface area contributed by atoms with Crippen LogP contribution in [-0.2, 0) is 0 Å². The van der Waals surface area contributed by atoms with E-state index in [0.29, 0.717) is 12.0 Å². The summed E-state index contributed by atoms with van der Waals surface area (Å²) in [5.41, 5.74) is 2.40. The normalized spacial score (nSPS) is 11.9. The van der Waals surface area contributed by atoms with Gasteiger partial charge in [-0.25, -0.2) is 4.39 Å². The zero-order valence-corrected chi connectivity index (χ0v) is 10.3. The Morgan fingerprint density at radius 1 is 1.06 bits per heavy atom. The maximum atomic E-state index is 13.2. The minimum absolute atomic E-state index is 0.163. The molecule has 2 rings (SSSR count). The standard InChI is InChI=1S/C14H18FN/c1-9(2)14-8-11-7-12(15)5-6-13(11)16(14)10(3)4/h5-10H,1-4H3. The van der Waals surface area contributed by atoms with Gasteiger partial charge in [0.05, 0.1) is 0 Å². The van der Waals surface area contributed by atoms with Crippen LogP contribution in [0.2, 0.25) is 0 Å². The van der Waals surface area contributed by atoms with Crippen molar-refractivity contribution in [2.75, 3.05) is 0 Å². The van der Waals surface area contributed by atoms with Crippen LogP contribution in [0.1, 0.15) is 45.3 Å². The molecule has 0 saturated carbocycles. The zero-order valence-electron chi connectivity index (χ0n) is 10.3. The molecule has 2 heteroatoms. The average molecular weight is 219 g/mol. The second kappa shape index (κ2) is 3.93. The van der Waals surface area contributed by atoms with E-state index in [1.165, 1.54) is 11.8 Å². The van der Waals surface area contributed by atoms with E-state index >= 15 is 0 Å². The van der Waals surface area contributed by atoms with Crippen LogP contribution in [0.4, 0.5) is 4.39 Å². The number of hydrogen-bond acceptors (Lipinski definition) is 0. The summed E-state index contributed by atoms with van der Waals surface area (Å²) in [4.78, 5) is 0. The first-order chi connectivity index (χ1) is 7.50. The Labute approximate surface area is 95.9 Å². The fourth-order valence-electron chi connectivity index (χ4n) is 2.25. The van der Waals surface area contributed by atoms with E-state index in [4.69, 9.17) is 0 Å². The molecule has 16 heavy (non-hydrogen) atoms. The lowest BCUT2D eigenvalue weighted by molar-refractivity contribution is 0.576. The quantitative estimate of drug-likeness (QED) is 0.701. The number of fused-ring (bicyclic) bond motifs is 1. The molecule has 0 aliphatic carbocycles. The third-order valence-corrected chi connectivity index (χ3v) is 2.94. The van der Waals surface area contributed by atoms with E-state index in [-0.39, 0.29) is 5.82 Å². The molecule has 1 heterocycles. The van der Waals surface area contributed by atoms with E-state index in [0.717, 1.165) is 10.9 Å². The van der Waals surface area contributed by atoms with E-state index in [9.17, 15) is 4.39 Å². The van der Waals surface area contributed by atoms with Gasteiger partial charge in [-0.1, -0.05) is 13.8 Å². The van der Waals surface area contributed by atoms with E-state index in [2.05, 4.69) is 38.3 Å². The van der Waals surface area contributed by atoms with E-state index in [1.807, 2.05) is 6.07 Å². The van der Waals surface area contributed by atoms with Crippen molar-refractivity contribution < 1.29 is 4.39 Å². The molecule has 0 aliphatic rings. The van der Waals surface area contributed by atoms with Gasteiger partial charge in [-0.3, -0.25) is 0 Å². The predicted octanol–water partition coefficient (Wildman–Crippen LogP) is 4.48. The molecule has 0 radical (unpaired) electrons. The summed E-state index contributed by atoms with van der Waals surface area (Å²) in [6, 6.07) is 7.52. The van der Waals surface area contributed by atoms with Gasteiger partial charge < -0.3 is 4.57 Å². The number of rotatable bonds is 2. The highest BCUT2D eigenvalue weighted by atomic mass is 19.1. The van der Waals surface area contributed by atoms with Gasteiger partial charge in [0.2, 0.25) is 0 Å². The predicted molar refractivity (Wildman–Crippen MR) is 66.4 cm³/mol. The molecule has 0 saturated heterocycles. The lowest BCUT2D eigenvalue weighted by atomic mass is 10.1. The summed E-state index contributed by atoms with van der Waals surface area (Å²) in [6.45, 7) is 8.66. The van der Waals surface area contributed by atoms with Crippen molar-refractivity contribution in [2.45, 2.75) is 39.7 Å². The summed E-state index contributed by atoms with van der Waals surface area (Å²) in [5.74, 6) is 0.293. The molecule has 0 N–H and O–H groups in total. The van der Waals surface area contributed by atoms with Gasteiger partial charge in [-0.15, -0.1) is 0 Å². The highest BCUT2D eigenvalue weighted by Crippen LogP contribution is 2.29. The van der Waals surface area contributed by atoms with Crippen LogP contribution in [0, 0.1) is 5.82 Å². The topological polar surface area (TPSA) is 4.93 Å². The van der Waals surface area contributed by atoms with Crippen LogP contribution in [0.15, 0.2) is 24.3 Å². The van der Waals surface area contributed by atoms with Gasteiger partial charge in [0.25, 0.3) is 0 Å². The third-order valence-electron chi connectivity index (χ3n) is 2.94. The SMILES string of the molecule is CC(C)c1cc2cc(F)ccc2n1C(C)C. The van der Waals surface area contributed by atoms with Crippen LogP contribution in [-0.4, -0.2) is 4.57 Å². The van der Waals surface area contributed by atoms with Crippen molar-refractivity contribution in [3.8, 4) is 0 Å². The fraction of sp³-hybridized carbons (Fsp3) is 0.429. The first-order valence-corrected chi connectivity index (χ1v) is 5.81. The Morgan fingerprint density at radius 3 is 2.31 bits per heavy atom. The minimum Gasteiger partial charge on any atom is -0.342 e. The van der Waals surface area contributed by atoms with Crippen LogP contribution in [0.5, 0.6) is 0 Å². The molecule has 1 nitrogen and oxygen atoms in total. The van der Waals surface area contributed by atoms with E-state index in [1.54, 1.807) is 6.07 Å². The number of aromatic nitrogens is 1. The minimum atomic E-state index is -0.163. The Hall–Kier alpha value is -1.31. The van der Waals surface area contributed by atoms with Crippen LogP contribution < -0.4 is 0 Å². The molecular weight excluding hydrogens is 201 g/mol. The number of benzene rings is 1. The molecule has 0 unspecified atom stereocenters. The summed E-state index contributed by atoms with van der Waals surface area (Å²) in [6.07, 6.45) is 0. The summed E-state index contributed by atoms with van der Waals surface area (Å²) in [7, 11) is 0. The molecular formula is C14H18FN. The van der Waals surface area contributed by atoms with Crippen molar-refractivity contribution in [1.82, 2.24) is 4.57 Å². The van der Waals surface area contributed by atoms with Crippen molar-refractivity contribution in [3.63, 3.8) is 0 Å². The van der Waals surface area contributed by atoms with Gasteiger partial charge in [0.15, 0.2) is 0 Å². The smallest absolute Gasteiger partial charge is 0.123 e. The molecule has 1 aromatic carbocycles. The number of hydrogen-bond donors (Lipinski definition) is 0. The van der Waals surface area contributed by atoms with Gasteiger partial charge in [-0.05, 0) is 44.0 Å². The largest absolute Gasteiger partial charge is 0.342 e. The molecule has 0 atom stereocenters. The Kier molecular flexibility index (Phi) is 2.75. The Morgan fingerprint density at radius 2 is 1.75 bits per heavy atom.